The molecule has 1 aromatic heterocycles. The molecule has 1 aliphatic heterocycles. The number of aryl methyl sites for hydroxylation is 1. The Labute approximate surface area is 143 Å². The number of rotatable bonds is 3. The van der Waals surface area contributed by atoms with E-state index in [1.165, 1.54) is 0 Å². The van der Waals surface area contributed by atoms with Crippen molar-refractivity contribution in [2.24, 2.45) is 0 Å². The summed E-state index contributed by atoms with van der Waals surface area (Å²) < 4.78 is 26.8. The Hall–Kier alpha value is -2.56. The Morgan fingerprint density at radius 3 is 2.92 bits per heavy atom. The van der Waals surface area contributed by atoms with Crippen molar-refractivity contribution >= 4 is 11.8 Å². The zero-order chi connectivity index (χ0) is 18.0. The standard InChI is InChI=1S/C17H18F2N4O2/c18-17(19)7-11(8-20)23(10-17)15(24)9-22-16(25)13-5-6-21-14-4-2-1-3-12(13)14/h5-6,11H,1-4,7,9-10H2,(H,22,25)/t11-/m0/s1. The van der Waals surface area contributed by atoms with Crippen LogP contribution in [0.2, 0.25) is 0 Å². The summed E-state index contributed by atoms with van der Waals surface area (Å²) in [5.74, 6) is -4.17. The van der Waals surface area contributed by atoms with Crippen LogP contribution in [0.4, 0.5) is 8.78 Å². The van der Waals surface area contributed by atoms with Crippen LogP contribution in [0.15, 0.2) is 12.3 Å². The molecular weight excluding hydrogens is 330 g/mol. The highest BCUT2D eigenvalue weighted by Gasteiger charge is 2.47. The molecule has 2 amide bonds. The van der Waals surface area contributed by atoms with Gasteiger partial charge in [0.1, 0.15) is 6.04 Å². The molecule has 3 rings (SSSR count). The molecule has 1 aromatic rings. The highest BCUT2D eigenvalue weighted by Crippen LogP contribution is 2.31. The predicted molar refractivity (Wildman–Crippen MR) is 83.9 cm³/mol. The van der Waals surface area contributed by atoms with E-state index >= 15 is 0 Å². The summed E-state index contributed by atoms with van der Waals surface area (Å²) >= 11 is 0. The number of carbonyl (C=O) groups is 2. The summed E-state index contributed by atoms with van der Waals surface area (Å²) in [5.41, 5.74) is 2.26. The largest absolute Gasteiger partial charge is 0.343 e. The Morgan fingerprint density at radius 1 is 1.40 bits per heavy atom. The molecule has 1 atom stereocenters. The first-order valence-corrected chi connectivity index (χ1v) is 8.23. The van der Waals surface area contributed by atoms with E-state index in [4.69, 9.17) is 5.26 Å². The second kappa shape index (κ2) is 6.75. The van der Waals surface area contributed by atoms with E-state index in [0.717, 1.165) is 41.8 Å². The number of hydrogen-bond donors (Lipinski definition) is 1. The lowest BCUT2D eigenvalue weighted by molar-refractivity contribution is -0.131. The molecule has 0 spiro atoms. The van der Waals surface area contributed by atoms with Crippen molar-refractivity contribution in [1.82, 2.24) is 15.2 Å². The summed E-state index contributed by atoms with van der Waals surface area (Å²) in [4.78, 5) is 29.7. The topological polar surface area (TPSA) is 86.1 Å². The van der Waals surface area contributed by atoms with Crippen LogP contribution in [0.1, 0.15) is 40.9 Å². The molecule has 6 nitrogen and oxygen atoms in total. The summed E-state index contributed by atoms with van der Waals surface area (Å²) in [6.07, 6.45) is 4.48. The molecule has 2 aliphatic rings. The van der Waals surface area contributed by atoms with Crippen LogP contribution in [0.3, 0.4) is 0 Å². The van der Waals surface area contributed by atoms with E-state index in [0.29, 0.717) is 5.56 Å². The first-order valence-electron chi connectivity index (χ1n) is 8.23. The number of nitrogens with one attached hydrogen (secondary N) is 1. The van der Waals surface area contributed by atoms with Crippen LogP contribution in [0, 0.1) is 11.3 Å². The van der Waals surface area contributed by atoms with Gasteiger partial charge in [0, 0.05) is 23.9 Å². The number of hydrogen-bond acceptors (Lipinski definition) is 4. The second-order valence-electron chi connectivity index (χ2n) is 6.40. The maximum absolute atomic E-state index is 13.4. The van der Waals surface area contributed by atoms with Crippen molar-refractivity contribution in [3.8, 4) is 6.07 Å². The molecule has 1 aliphatic carbocycles. The lowest BCUT2D eigenvalue weighted by Crippen LogP contribution is -2.43. The Balaban J connectivity index is 1.65. The van der Waals surface area contributed by atoms with Gasteiger partial charge in [0.15, 0.2) is 0 Å². The minimum Gasteiger partial charge on any atom is -0.343 e. The minimum atomic E-state index is -3.07. The minimum absolute atomic E-state index is 0.413. The van der Waals surface area contributed by atoms with Gasteiger partial charge in [0.2, 0.25) is 5.91 Å². The van der Waals surface area contributed by atoms with Crippen molar-refractivity contribution in [1.29, 1.82) is 5.26 Å². The van der Waals surface area contributed by atoms with E-state index in [2.05, 4.69) is 10.3 Å². The van der Waals surface area contributed by atoms with Gasteiger partial charge in [-0.1, -0.05) is 0 Å². The van der Waals surface area contributed by atoms with Gasteiger partial charge in [-0.15, -0.1) is 0 Å². The predicted octanol–water partition coefficient (Wildman–Crippen LogP) is 1.45. The van der Waals surface area contributed by atoms with Crippen molar-refractivity contribution < 1.29 is 18.4 Å². The number of halogens is 2. The molecule has 0 radical (unpaired) electrons. The van der Waals surface area contributed by atoms with Crippen molar-refractivity contribution in [3.05, 3.63) is 29.1 Å². The van der Waals surface area contributed by atoms with Gasteiger partial charge in [0.05, 0.1) is 19.2 Å². The van der Waals surface area contributed by atoms with Crippen LogP contribution >= 0.6 is 0 Å². The third-order valence-electron chi connectivity index (χ3n) is 4.62. The molecule has 0 unspecified atom stereocenters. The average Bonchev–Trinajstić information content (AvgIpc) is 2.93. The molecule has 8 heteroatoms. The smallest absolute Gasteiger partial charge is 0.268 e. The molecule has 25 heavy (non-hydrogen) atoms. The normalized spacial score (nSPS) is 21.3. The van der Waals surface area contributed by atoms with Crippen molar-refractivity contribution in [2.45, 2.75) is 44.1 Å². The van der Waals surface area contributed by atoms with E-state index in [1.807, 2.05) is 0 Å². The number of alkyl halides is 2. The van der Waals surface area contributed by atoms with Gasteiger partial charge < -0.3 is 10.2 Å². The third kappa shape index (κ3) is 3.60. The maximum Gasteiger partial charge on any atom is 0.268 e. The first-order chi connectivity index (χ1) is 11.9. The Kier molecular flexibility index (Phi) is 4.66. The van der Waals surface area contributed by atoms with Gasteiger partial charge >= 0.3 is 0 Å². The van der Waals surface area contributed by atoms with E-state index < -0.39 is 43.3 Å². The van der Waals surface area contributed by atoms with Gasteiger partial charge in [-0.05, 0) is 37.3 Å². The highest BCUT2D eigenvalue weighted by molar-refractivity contribution is 5.98. The van der Waals surface area contributed by atoms with E-state index in [1.54, 1.807) is 18.3 Å². The van der Waals surface area contributed by atoms with Crippen LogP contribution in [-0.4, -0.2) is 46.8 Å². The average molecular weight is 348 g/mol. The fourth-order valence-corrected chi connectivity index (χ4v) is 3.38. The fourth-order valence-electron chi connectivity index (χ4n) is 3.38. The second-order valence-corrected chi connectivity index (χ2v) is 6.40. The number of carbonyl (C=O) groups excluding carboxylic acids is 2. The lowest BCUT2D eigenvalue weighted by atomic mass is 9.92. The molecule has 1 fully saturated rings. The third-order valence-corrected chi connectivity index (χ3v) is 4.62. The number of likely N-dealkylation sites (tertiary alicyclic amines) is 1. The summed E-state index contributed by atoms with van der Waals surface area (Å²) in [7, 11) is 0. The number of aromatic nitrogens is 1. The number of fused-ring (bicyclic) bond motifs is 1. The monoisotopic (exact) mass is 348 g/mol. The van der Waals surface area contributed by atoms with E-state index in [-0.39, 0.29) is 0 Å². The zero-order valence-corrected chi connectivity index (χ0v) is 13.6. The zero-order valence-electron chi connectivity index (χ0n) is 13.6. The number of nitriles is 1. The Morgan fingerprint density at radius 2 is 2.16 bits per heavy atom. The molecule has 0 aromatic carbocycles. The van der Waals surface area contributed by atoms with Gasteiger partial charge in [-0.2, -0.15) is 5.26 Å². The molecular formula is C17H18F2N4O2. The summed E-state index contributed by atoms with van der Waals surface area (Å²) in [6, 6.07) is 2.16. The number of amides is 2. The molecule has 0 bridgehead atoms. The summed E-state index contributed by atoms with van der Waals surface area (Å²) in [6.45, 7) is -1.20. The number of nitrogens with zero attached hydrogens (tertiary/aromatic N) is 3. The van der Waals surface area contributed by atoms with Crippen molar-refractivity contribution in [3.63, 3.8) is 0 Å². The van der Waals surface area contributed by atoms with Gasteiger partial charge in [-0.25, -0.2) is 8.78 Å². The fraction of sp³-hybridized carbons (Fsp3) is 0.529. The van der Waals surface area contributed by atoms with Gasteiger partial charge in [0.25, 0.3) is 11.8 Å². The lowest BCUT2D eigenvalue weighted by Gasteiger charge is -2.20. The quantitative estimate of drug-likeness (QED) is 0.896. The number of pyridine rings is 1. The van der Waals surface area contributed by atoms with Crippen LogP contribution in [0.5, 0.6) is 0 Å². The molecule has 1 N–H and O–H groups in total. The van der Waals surface area contributed by atoms with Crippen molar-refractivity contribution in [2.75, 3.05) is 13.1 Å². The molecule has 0 saturated carbocycles. The van der Waals surface area contributed by atoms with Crippen LogP contribution in [-0.2, 0) is 17.6 Å². The highest BCUT2D eigenvalue weighted by atomic mass is 19.3. The van der Waals surface area contributed by atoms with Crippen LogP contribution < -0.4 is 5.32 Å². The molecule has 132 valence electrons. The van der Waals surface area contributed by atoms with E-state index in [9.17, 15) is 18.4 Å². The maximum atomic E-state index is 13.4. The summed E-state index contributed by atoms with van der Waals surface area (Å²) in [5, 5.41) is 11.4. The van der Waals surface area contributed by atoms with Gasteiger partial charge in [-0.3, -0.25) is 14.6 Å². The first kappa shape index (κ1) is 17.3. The Bertz CT molecular complexity index is 745. The SMILES string of the molecule is N#C[C@@H]1CC(F)(F)CN1C(=O)CNC(=O)c1ccnc2c1CCCC2. The molecule has 1 saturated heterocycles. The molecule has 2 heterocycles. The van der Waals surface area contributed by atoms with Crippen LogP contribution in [0.25, 0.3) is 0 Å².